The second kappa shape index (κ2) is 6.73. The van der Waals surface area contributed by atoms with E-state index in [9.17, 15) is 4.79 Å². The molecule has 0 spiro atoms. The summed E-state index contributed by atoms with van der Waals surface area (Å²) in [6.07, 6.45) is 2.45. The summed E-state index contributed by atoms with van der Waals surface area (Å²) < 4.78 is 5.20. The lowest BCUT2D eigenvalue weighted by molar-refractivity contribution is -0.131. The maximum atomic E-state index is 12.7. The van der Waals surface area contributed by atoms with Gasteiger partial charge in [0.1, 0.15) is 5.75 Å². The van der Waals surface area contributed by atoms with Crippen LogP contribution in [0.1, 0.15) is 30.0 Å². The minimum atomic E-state index is 0.161. The first kappa shape index (κ1) is 15.4. The third kappa shape index (κ3) is 3.47. The molecular weight excluding hydrogens is 288 g/mol. The predicted octanol–water partition coefficient (Wildman–Crippen LogP) is 3.18. The van der Waals surface area contributed by atoms with Crippen LogP contribution in [-0.4, -0.2) is 24.5 Å². The van der Waals surface area contributed by atoms with Crippen LogP contribution in [0.4, 0.5) is 5.69 Å². The van der Waals surface area contributed by atoms with E-state index in [0.717, 1.165) is 30.7 Å². The van der Waals surface area contributed by atoms with E-state index in [1.807, 2.05) is 41.3 Å². The molecule has 1 aliphatic heterocycles. The van der Waals surface area contributed by atoms with E-state index in [1.54, 1.807) is 7.11 Å². The molecule has 1 fully saturated rings. The molecule has 0 bridgehead atoms. The molecule has 1 aliphatic rings. The lowest BCUT2D eigenvalue weighted by Gasteiger charge is -2.25. The average molecular weight is 310 g/mol. The SMILES string of the molecule is COc1ccc(C2CCCN2C(=O)Cc2cccc(N)c2)cc1. The molecule has 0 saturated carbocycles. The van der Waals surface area contributed by atoms with Crippen molar-refractivity contribution >= 4 is 11.6 Å². The largest absolute Gasteiger partial charge is 0.497 e. The van der Waals surface area contributed by atoms with E-state index in [2.05, 4.69) is 12.1 Å². The monoisotopic (exact) mass is 310 g/mol. The van der Waals surface area contributed by atoms with Gasteiger partial charge in [0.2, 0.25) is 5.91 Å². The highest BCUT2D eigenvalue weighted by Gasteiger charge is 2.29. The number of nitrogens with zero attached hydrogens (tertiary/aromatic N) is 1. The highest BCUT2D eigenvalue weighted by molar-refractivity contribution is 5.79. The minimum absolute atomic E-state index is 0.161. The zero-order chi connectivity index (χ0) is 16.2. The molecule has 0 aliphatic carbocycles. The molecule has 23 heavy (non-hydrogen) atoms. The number of methoxy groups -OCH3 is 1. The standard InChI is InChI=1S/C19H22N2O2/c1-23-17-9-7-15(8-10-17)18-6-3-11-21(18)19(22)13-14-4-2-5-16(20)12-14/h2,4-5,7-10,12,18H,3,6,11,13,20H2,1H3. The Kier molecular flexibility index (Phi) is 4.51. The van der Waals surface area contributed by atoms with Crippen molar-refractivity contribution in [3.05, 3.63) is 59.7 Å². The Labute approximate surface area is 136 Å². The number of nitrogen functional groups attached to an aromatic ring is 1. The van der Waals surface area contributed by atoms with Crippen molar-refractivity contribution in [1.82, 2.24) is 4.90 Å². The average Bonchev–Trinajstić information content (AvgIpc) is 3.05. The molecule has 2 aromatic carbocycles. The summed E-state index contributed by atoms with van der Waals surface area (Å²) in [6.45, 7) is 0.817. The molecular formula is C19H22N2O2. The number of nitrogens with two attached hydrogens (primary N) is 1. The van der Waals surface area contributed by atoms with Gasteiger partial charge in [-0.05, 0) is 48.2 Å². The zero-order valence-corrected chi connectivity index (χ0v) is 13.4. The van der Waals surface area contributed by atoms with Crippen molar-refractivity contribution in [2.24, 2.45) is 0 Å². The Hall–Kier alpha value is -2.49. The molecule has 3 rings (SSSR count). The third-order valence-corrected chi connectivity index (χ3v) is 4.38. The van der Waals surface area contributed by atoms with Gasteiger partial charge in [-0.25, -0.2) is 0 Å². The first-order chi connectivity index (χ1) is 11.2. The number of hydrogen-bond donors (Lipinski definition) is 1. The van der Waals surface area contributed by atoms with Crippen LogP contribution in [0.2, 0.25) is 0 Å². The molecule has 0 aromatic heterocycles. The van der Waals surface area contributed by atoms with Crippen LogP contribution in [0.5, 0.6) is 5.75 Å². The molecule has 1 unspecified atom stereocenters. The first-order valence-electron chi connectivity index (χ1n) is 7.95. The lowest BCUT2D eigenvalue weighted by Crippen LogP contribution is -2.31. The van der Waals surface area contributed by atoms with Crippen LogP contribution < -0.4 is 10.5 Å². The summed E-state index contributed by atoms with van der Waals surface area (Å²) >= 11 is 0. The quantitative estimate of drug-likeness (QED) is 0.882. The molecule has 4 nitrogen and oxygen atoms in total. The van der Waals surface area contributed by atoms with Gasteiger partial charge in [-0.1, -0.05) is 24.3 Å². The first-order valence-corrected chi connectivity index (χ1v) is 7.95. The van der Waals surface area contributed by atoms with Gasteiger partial charge in [0, 0.05) is 12.2 Å². The molecule has 1 saturated heterocycles. The highest BCUT2D eigenvalue weighted by atomic mass is 16.5. The highest BCUT2D eigenvalue weighted by Crippen LogP contribution is 2.33. The van der Waals surface area contributed by atoms with E-state index in [4.69, 9.17) is 10.5 Å². The van der Waals surface area contributed by atoms with Gasteiger partial charge in [-0.15, -0.1) is 0 Å². The number of amides is 1. The topological polar surface area (TPSA) is 55.6 Å². The molecule has 2 aromatic rings. The van der Waals surface area contributed by atoms with Crippen molar-refractivity contribution < 1.29 is 9.53 Å². The number of carbonyl (C=O) groups excluding carboxylic acids is 1. The predicted molar refractivity (Wildman–Crippen MR) is 91.2 cm³/mol. The van der Waals surface area contributed by atoms with Crippen LogP contribution in [-0.2, 0) is 11.2 Å². The molecule has 2 N–H and O–H groups in total. The van der Waals surface area contributed by atoms with E-state index >= 15 is 0 Å². The number of carbonyl (C=O) groups is 1. The smallest absolute Gasteiger partial charge is 0.227 e. The van der Waals surface area contributed by atoms with Gasteiger partial charge >= 0.3 is 0 Å². The Balaban J connectivity index is 1.73. The fourth-order valence-corrected chi connectivity index (χ4v) is 3.22. The van der Waals surface area contributed by atoms with Crippen LogP contribution in [0, 0.1) is 0 Å². The Morgan fingerprint density at radius 1 is 1.26 bits per heavy atom. The molecule has 0 radical (unpaired) electrons. The number of hydrogen-bond acceptors (Lipinski definition) is 3. The van der Waals surface area contributed by atoms with Crippen LogP contribution in [0.25, 0.3) is 0 Å². The molecule has 120 valence electrons. The Bertz CT molecular complexity index is 682. The van der Waals surface area contributed by atoms with Gasteiger partial charge in [0.25, 0.3) is 0 Å². The molecule has 1 atom stereocenters. The summed E-state index contributed by atoms with van der Waals surface area (Å²) in [5.74, 6) is 0.998. The maximum Gasteiger partial charge on any atom is 0.227 e. The molecule has 1 heterocycles. The normalized spacial score (nSPS) is 17.3. The van der Waals surface area contributed by atoms with E-state index in [-0.39, 0.29) is 11.9 Å². The number of ether oxygens (including phenoxy) is 1. The van der Waals surface area contributed by atoms with Crippen molar-refractivity contribution in [1.29, 1.82) is 0 Å². The van der Waals surface area contributed by atoms with Gasteiger partial charge in [0.05, 0.1) is 19.6 Å². The van der Waals surface area contributed by atoms with Crippen LogP contribution in [0.3, 0.4) is 0 Å². The molecule has 4 heteroatoms. The number of rotatable bonds is 4. The van der Waals surface area contributed by atoms with Crippen molar-refractivity contribution in [3.8, 4) is 5.75 Å². The number of likely N-dealkylation sites (tertiary alicyclic amines) is 1. The Morgan fingerprint density at radius 3 is 2.74 bits per heavy atom. The second-order valence-electron chi connectivity index (χ2n) is 5.94. The van der Waals surface area contributed by atoms with E-state index in [1.165, 1.54) is 5.56 Å². The Morgan fingerprint density at radius 2 is 2.04 bits per heavy atom. The van der Waals surface area contributed by atoms with Crippen molar-refractivity contribution in [2.75, 3.05) is 19.4 Å². The lowest BCUT2D eigenvalue weighted by atomic mass is 10.0. The van der Waals surface area contributed by atoms with Gasteiger partial charge in [-0.2, -0.15) is 0 Å². The summed E-state index contributed by atoms with van der Waals surface area (Å²) in [4.78, 5) is 14.7. The number of benzene rings is 2. The number of anilines is 1. The van der Waals surface area contributed by atoms with Crippen molar-refractivity contribution in [2.45, 2.75) is 25.3 Å². The van der Waals surface area contributed by atoms with Gasteiger partial charge in [0.15, 0.2) is 0 Å². The summed E-state index contributed by atoms with van der Waals surface area (Å²) in [5.41, 5.74) is 8.63. The minimum Gasteiger partial charge on any atom is -0.497 e. The maximum absolute atomic E-state index is 12.7. The van der Waals surface area contributed by atoms with E-state index < -0.39 is 0 Å². The molecule has 1 amide bonds. The van der Waals surface area contributed by atoms with Crippen LogP contribution >= 0.6 is 0 Å². The van der Waals surface area contributed by atoms with Gasteiger partial charge in [-0.3, -0.25) is 4.79 Å². The van der Waals surface area contributed by atoms with Crippen LogP contribution in [0.15, 0.2) is 48.5 Å². The van der Waals surface area contributed by atoms with E-state index in [0.29, 0.717) is 12.1 Å². The third-order valence-electron chi connectivity index (χ3n) is 4.38. The summed E-state index contributed by atoms with van der Waals surface area (Å²) in [6, 6.07) is 15.7. The fourth-order valence-electron chi connectivity index (χ4n) is 3.22. The fraction of sp³-hybridized carbons (Fsp3) is 0.316. The zero-order valence-electron chi connectivity index (χ0n) is 13.4. The summed E-state index contributed by atoms with van der Waals surface area (Å²) in [5, 5.41) is 0. The van der Waals surface area contributed by atoms with Gasteiger partial charge < -0.3 is 15.4 Å². The summed E-state index contributed by atoms with van der Waals surface area (Å²) in [7, 11) is 1.66. The van der Waals surface area contributed by atoms with Crippen molar-refractivity contribution in [3.63, 3.8) is 0 Å². The second-order valence-corrected chi connectivity index (χ2v) is 5.94.